The average Bonchev–Trinajstić information content (AvgIpc) is 2.27. The van der Waals surface area contributed by atoms with E-state index in [-0.39, 0.29) is 33.8 Å². The molecule has 2 N–H and O–H groups in total. The minimum Gasteiger partial charge on any atom is -0.390 e. The van der Waals surface area contributed by atoms with Crippen molar-refractivity contribution in [3.8, 4) is 0 Å². The van der Waals surface area contributed by atoms with Gasteiger partial charge in [-0.3, -0.25) is 10.1 Å². The summed E-state index contributed by atoms with van der Waals surface area (Å²) in [7, 11) is 0. The van der Waals surface area contributed by atoms with E-state index in [9.17, 15) is 15.2 Å². The summed E-state index contributed by atoms with van der Waals surface area (Å²) in [6.07, 6.45) is -0.789. The van der Waals surface area contributed by atoms with E-state index in [2.05, 4.69) is 5.32 Å². The fraction of sp³-hybridized carbons (Fsp3) is 0.333. The highest BCUT2D eigenvalue weighted by Gasteiger charge is 2.18. The van der Waals surface area contributed by atoms with Gasteiger partial charge in [-0.05, 0) is 6.07 Å². The van der Waals surface area contributed by atoms with Gasteiger partial charge < -0.3 is 10.4 Å². The van der Waals surface area contributed by atoms with Crippen LogP contribution in [0, 0.1) is 10.1 Å². The molecule has 0 saturated heterocycles. The van der Waals surface area contributed by atoms with Crippen LogP contribution in [0.2, 0.25) is 10.0 Å². The van der Waals surface area contributed by atoms with Crippen LogP contribution >= 0.6 is 34.8 Å². The Bertz CT molecular complexity index is 428. The Kier molecular flexibility index (Phi) is 5.27. The van der Waals surface area contributed by atoms with E-state index in [0.29, 0.717) is 0 Å². The van der Waals surface area contributed by atoms with Crippen LogP contribution in [0.15, 0.2) is 12.1 Å². The number of nitro benzene ring substituents is 1. The zero-order valence-electron chi connectivity index (χ0n) is 8.49. The predicted octanol–water partition coefficient (Wildman–Crippen LogP) is 2.91. The summed E-state index contributed by atoms with van der Waals surface area (Å²) in [5, 5.41) is 22.8. The van der Waals surface area contributed by atoms with Crippen LogP contribution in [0.4, 0.5) is 11.4 Å². The van der Waals surface area contributed by atoms with Crippen LogP contribution in [-0.2, 0) is 0 Å². The summed E-state index contributed by atoms with van der Waals surface area (Å²) in [5.41, 5.74) is -0.0365. The summed E-state index contributed by atoms with van der Waals surface area (Å²) in [6.45, 7) is 0.101. The lowest BCUT2D eigenvalue weighted by Crippen LogP contribution is -2.21. The van der Waals surface area contributed by atoms with Crippen molar-refractivity contribution >= 4 is 46.2 Å². The molecule has 17 heavy (non-hydrogen) atoms. The second kappa shape index (κ2) is 6.26. The van der Waals surface area contributed by atoms with Gasteiger partial charge in [0, 0.05) is 12.6 Å². The van der Waals surface area contributed by atoms with E-state index < -0.39 is 11.0 Å². The lowest BCUT2D eigenvalue weighted by atomic mass is 10.2. The van der Waals surface area contributed by atoms with Crippen molar-refractivity contribution in [2.45, 2.75) is 6.10 Å². The van der Waals surface area contributed by atoms with Gasteiger partial charge in [-0.25, -0.2) is 0 Å². The van der Waals surface area contributed by atoms with Gasteiger partial charge in [0.25, 0.3) is 5.69 Å². The molecule has 0 saturated carbocycles. The second-order valence-corrected chi connectivity index (χ2v) is 4.30. The van der Waals surface area contributed by atoms with Crippen LogP contribution in [0.3, 0.4) is 0 Å². The van der Waals surface area contributed by atoms with Crippen molar-refractivity contribution in [2.75, 3.05) is 17.7 Å². The van der Waals surface area contributed by atoms with E-state index in [4.69, 9.17) is 34.8 Å². The molecule has 0 radical (unpaired) electrons. The first-order chi connectivity index (χ1) is 7.97. The van der Waals surface area contributed by atoms with Gasteiger partial charge in [0.1, 0.15) is 5.02 Å². The zero-order chi connectivity index (χ0) is 13.0. The molecule has 94 valence electrons. The number of alkyl halides is 1. The highest BCUT2D eigenvalue weighted by atomic mass is 35.5. The number of rotatable bonds is 5. The number of halogens is 3. The molecule has 1 aromatic carbocycles. The molecule has 0 aliphatic carbocycles. The van der Waals surface area contributed by atoms with E-state index in [0.717, 1.165) is 0 Å². The third-order valence-corrected chi connectivity index (χ3v) is 3.01. The normalized spacial score (nSPS) is 12.2. The van der Waals surface area contributed by atoms with Crippen molar-refractivity contribution in [3.05, 3.63) is 32.3 Å². The number of hydrogen-bond donors (Lipinski definition) is 2. The molecular formula is C9H9Cl3N2O3. The van der Waals surface area contributed by atoms with Gasteiger partial charge >= 0.3 is 0 Å². The Balaban J connectivity index is 2.97. The lowest BCUT2D eigenvalue weighted by molar-refractivity contribution is -0.384. The van der Waals surface area contributed by atoms with Crippen molar-refractivity contribution < 1.29 is 10.0 Å². The maximum Gasteiger partial charge on any atom is 0.290 e. The second-order valence-electron chi connectivity index (χ2n) is 3.20. The third-order valence-electron chi connectivity index (χ3n) is 1.96. The number of nitrogens with one attached hydrogen (secondary N) is 1. The molecule has 0 fully saturated rings. The van der Waals surface area contributed by atoms with E-state index >= 15 is 0 Å². The molecule has 0 aliphatic rings. The first-order valence-electron chi connectivity index (χ1n) is 4.57. The standard InChI is InChI=1S/C9H9Cl3N2O3/c10-3-5(15)4-13-9-6(11)1-2-7(8(9)12)14(16)17/h1-2,5,13,15H,3-4H2. The van der Waals surface area contributed by atoms with Gasteiger partial charge in [-0.15, -0.1) is 11.6 Å². The van der Waals surface area contributed by atoms with Crippen LogP contribution in [0.5, 0.6) is 0 Å². The molecule has 8 heteroatoms. The van der Waals surface area contributed by atoms with Crippen molar-refractivity contribution in [1.82, 2.24) is 0 Å². The Morgan fingerprint density at radius 3 is 2.65 bits per heavy atom. The zero-order valence-corrected chi connectivity index (χ0v) is 10.8. The first kappa shape index (κ1) is 14.3. The molecule has 1 atom stereocenters. The van der Waals surface area contributed by atoms with Crippen molar-refractivity contribution in [3.63, 3.8) is 0 Å². The SMILES string of the molecule is O=[N+]([O-])c1ccc(Cl)c(NCC(O)CCl)c1Cl. The van der Waals surface area contributed by atoms with E-state index in [1.165, 1.54) is 12.1 Å². The quantitative estimate of drug-likeness (QED) is 0.498. The van der Waals surface area contributed by atoms with Crippen LogP contribution in [0.1, 0.15) is 0 Å². The average molecular weight is 300 g/mol. The predicted molar refractivity (Wildman–Crippen MR) is 68.3 cm³/mol. The number of aliphatic hydroxyl groups excluding tert-OH is 1. The molecule has 1 rings (SSSR count). The van der Waals surface area contributed by atoms with Crippen LogP contribution in [-0.4, -0.2) is 28.6 Å². The molecule has 0 aliphatic heterocycles. The number of nitrogens with zero attached hydrogens (tertiary/aromatic N) is 1. The minimum absolute atomic E-state index is 0.0389. The number of anilines is 1. The van der Waals surface area contributed by atoms with E-state index in [1.807, 2.05) is 0 Å². The highest BCUT2D eigenvalue weighted by molar-refractivity contribution is 6.40. The van der Waals surface area contributed by atoms with Crippen molar-refractivity contribution in [2.24, 2.45) is 0 Å². The van der Waals surface area contributed by atoms with Crippen LogP contribution in [0.25, 0.3) is 0 Å². The molecule has 0 spiro atoms. The van der Waals surface area contributed by atoms with Gasteiger partial charge in [0.15, 0.2) is 0 Å². The Morgan fingerprint density at radius 1 is 1.47 bits per heavy atom. The maximum atomic E-state index is 10.7. The summed E-state index contributed by atoms with van der Waals surface area (Å²) in [4.78, 5) is 10.1. The maximum absolute atomic E-state index is 10.7. The lowest BCUT2D eigenvalue weighted by Gasteiger charge is -2.12. The monoisotopic (exact) mass is 298 g/mol. The molecule has 0 aromatic heterocycles. The number of aliphatic hydroxyl groups is 1. The van der Waals surface area contributed by atoms with Gasteiger partial charge in [0.2, 0.25) is 0 Å². The topological polar surface area (TPSA) is 75.4 Å². The molecule has 1 aromatic rings. The fourth-order valence-electron chi connectivity index (χ4n) is 1.12. The summed E-state index contributed by atoms with van der Waals surface area (Å²) < 4.78 is 0. The van der Waals surface area contributed by atoms with Crippen molar-refractivity contribution in [1.29, 1.82) is 0 Å². The largest absolute Gasteiger partial charge is 0.390 e. The minimum atomic E-state index is -0.789. The molecule has 5 nitrogen and oxygen atoms in total. The number of nitro groups is 1. The number of hydrogen-bond acceptors (Lipinski definition) is 4. The molecule has 0 amide bonds. The Labute approximate surface area is 112 Å². The molecule has 0 heterocycles. The van der Waals surface area contributed by atoms with Gasteiger partial charge in [-0.1, -0.05) is 23.2 Å². The highest BCUT2D eigenvalue weighted by Crippen LogP contribution is 2.37. The fourth-order valence-corrected chi connectivity index (χ4v) is 1.80. The summed E-state index contributed by atoms with van der Waals surface area (Å²) in [5.74, 6) is 0.0389. The molecule has 0 bridgehead atoms. The summed E-state index contributed by atoms with van der Waals surface area (Å²) in [6, 6.07) is 2.58. The number of benzene rings is 1. The van der Waals surface area contributed by atoms with E-state index in [1.54, 1.807) is 0 Å². The first-order valence-corrected chi connectivity index (χ1v) is 5.86. The van der Waals surface area contributed by atoms with Crippen LogP contribution < -0.4 is 5.32 Å². The third kappa shape index (κ3) is 3.61. The summed E-state index contributed by atoms with van der Waals surface area (Å²) >= 11 is 17.1. The molecule has 1 unspecified atom stereocenters. The Hall–Kier alpha value is -0.750. The Morgan fingerprint density at radius 2 is 2.12 bits per heavy atom. The molecular weight excluding hydrogens is 290 g/mol. The van der Waals surface area contributed by atoms with Gasteiger partial charge in [-0.2, -0.15) is 0 Å². The smallest absolute Gasteiger partial charge is 0.290 e. The van der Waals surface area contributed by atoms with Gasteiger partial charge in [0.05, 0.1) is 27.6 Å².